The molecule has 90 valence electrons. The highest BCUT2D eigenvalue weighted by Gasteiger charge is 2.03. The fourth-order valence-corrected chi connectivity index (χ4v) is 1.96. The smallest absolute Gasteiger partial charge is 0.142 e. The van der Waals surface area contributed by atoms with E-state index in [-0.39, 0.29) is 0 Å². The lowest BCUT2D eigenvalue weighted by Crippen LogP contribution is -1.96. The van der Waals surface area contributed by atoms with Gasteiger partial charge in [0.2, 0.25) is 0 Å². The van der Waals surface area contributed by atoms with Crippen LogP contribution in [0.3, 0.4) is 0 Å². The van der Waals surface area contributed by atoms with Crippen molar-refractivity contribution in [2.45, 2.75) is 13.8 Å². The van der Waals surface area contributed by atoms with Crippen molar-refractivity contribution in [3.8, 4) is 6.07 Å². The number of benzene rings is 1. The molecule has 3 nitrogen and oxygen atoms in total. The number of nitrogens with zero attached hydrogens (tertiary/aromatic N) is 2. The molecule has 2 aromatic rings. The second kappa shape index (κ2) is 5.19. The summed E-state index contributed by atoms with van der Waals surface area (Å²) in [4.78, 5) is 4.18. The quantitative estimate of drug-likeness (QED) is 0.909. The maximum atomic E-state index is 8.81. The van der Waals surface area contributed by atoms with Crippen LogP contribution in [0.25, 0.3) is 0 Å². The molecule has 0 radical (unpaired) electrons. The Hall–Kier alpha value is -1.86. The summed E-state index contributed by atoms with van der Waals surface area (Å²) in [6.07, 6.45) is 0. The van der Waals surface area contributed by atoms with Crippen LogP contribution in [0.5, 0.6) is 0 Å². The normalized spacial score (nSPS) is 9.89. The Labute approximate surface area is 115 Å². The van der Waals surface area contributed by atoms with E-state index in [1.165, 1.54) is 0 Å². The van der Waals surface area contributed by atoms with Gasteiger partial charge in [-0.15, -0.1) is 0 Å². The summed E-state index contributed by atoms with van der Waals surface area (Å²) in [5, 5.41) is 12.0. The average Bonchev–Trinajstić information content (AvgIpc) is 2.36. The second-order valence-corrected chi connectivity index (χ2v) is 4.86. The van der Waals surface area contributed by atoms with Crippen molar-refractivity contribution in [3.05, 3.63) is 51.6 Å². The first-order valence-electron chi connectivity index (χ1n) is 5.51. The van der Waals surface area contributed by atoms with Gasteiger partial charge in [0.1, 0.15) is 17.6 Å². The van der Waals surface area contributed by atoms with Crippen molar-refractivity contribution in [3.63, 3.8) is 0 Å². The number of hydrogen-bond acceptors (Lipinski definition) is 3. The van der Waals surface area contributed by atoms with Crippen LogP contribution in [0.4, 0.5) is 11.5 Å². The van der Waals surface area contributed by atoms with E-state index in [1.54, 1.807) is 6.07 Å². The lowest BCUT2D eigenvalue weighted by Gasteiger charge is -2.10. The third kappa shape index (κ3) is 2.69. The first kappa shape index (κ1) is 12.6. The summed E-state index contributed by atoms with van der Waals surface area (Å²) in [7, 11) is 0. The molecule has 0 aliphatic rings. The van der Waals surface area contributed by atoms with Gasteiger partial charge in [-0.25, -0.2) is 4.98 Å². The number of pyridine rings is 1. The Morgan fingerprint density at radius 2 is 1.89 bits per heavy atom. The van der Waals surface area contributed by atoms with Crippen LogP contribution >= 0.6 is 15.9 Å². The molecule has 1 N–H and O–H groups in total. The summed E-state index contributed by atoms with van der Waals surface area (Å²) >= 11 is 3.54. The fraction of sp³-hybridized carbons (Fsp3) is 0.143. The van der Waals surface area contributed by atoms with Crippen LogP contribution in [0.1, 0.15) is 16.8 Å². The van der Waals surface area contributed by atoms with Gasteiger partial charge in [0, 0.05) is 10.2 Å². The molecule has 0 saturated carbocycles. The van der Waals surface area contributed by atoms with E-state index in [9.17, 15) is 0 Å². The topological polar surface area (TPSA) is 48.7 Å². The highest BCUT2D eigenvalue weighted by atomic mass is 79.9. The SMILES string of the molecule is Cc1cc(Nc2cccc(C#N)n2)cc(C)c1Br. The number of rotatable bonds is 2. The van der Waals surface area contributed by atoms with Gasteiger partial charge in [-0.1, -0.05) is 22.0 Å². The third-order valence-electron chi connectivity index (χ3n) is 2.57. The van der Waals surface area contributed by atoms with Gasteiger partial charge < -0.3 is 5.32 Å². The molecule has 2 rings (SSSR count). The molecule has 0 fully saturated rings. The predicted molar refractivity (Wildman–Crippen MR) is 75.9 cm³/mol. The number of nitriles is 1. The van der Waals surface area contributed by atoms with E-state index >= 15 is 0 Å². The van der Waals surface area contributed by atoms with Crippen LogP contribution in [-0.4, -0.2) is 4.98 Å². The van der Waals surface area contributed by atoms with Crippen molar-refractivity contribution in [2.75, 3.05) is 5.32 Å². The summed E-state index contributed by atoms with van der Waals surface area (Å²) < 4.78 is 1.12. The number of nitrogens with one attached hydrogen (secondary N) is 1. The van der Waals surface area contributed by atoms with E-state index in [4.69, 9.17) is 5.26 Å². The molecule has 0 spiro atoms. The number of aromatic nitrogens is 1. The van der Waals surface area contributed by atoms with Crippen molar-refractivity contribution < 1.29 is 0 Å². The Morgan fingerprint density at radius 3 is 2.50 bits per heavy atom. The lowest BCUT2D eigenvalue weighted by molar-refractivity contribution is 1.25. The minimum atomic E-state index is 0.408. The summed E-state index contributed by atoms with van der Waals surface area (Å²) in [5.74, 6) is 0.676. The monoisotopic (exact) mass is 301 g/mol. The number of anilines is 2. The summed E-state index contributed by atoms with van der Waals surface area (Å²) in [6.45, 7) is 4.09. The van der Waals surface area contributed by atoms with Crippen LogP contribution in [0, 0.1) is 25.2 Å². The van der Waals surface area contributed by atoms with E-state index in [1.807, 2.05) is 44.2 Å². The third-order valence-corrected chi connectivity index (χ3v) is 3.82. The van der Waals surface area contributed by atoms with Gasteiger partial charge in [-0.05, 0) is 49.2 Å². The van der Waals surface area contributed by atoms with Crippen molar-refractivity contribution >= 4 is 27.4 Å². The zero-order chi connectivity index (χ0) is 13.1. The molecular weight excluding hydrogens is 290 g/mol. The van der Waals surface area contributed by atoms with Gasteiger partial charge in [-0.2, -0.15) is 5.26 Å². The van der Waals surface area contributed by atoms with Gasteiger partial charge in [0.05, 0.1) is 0 Å². The number of hydrogen-bond donors (Lipinski definition) is 1. The van der Waals surface area contributed by atoms with Crippen molar-refractivity contribution in [1.82, 2.24) is 4.98 Å². The summed E-state index contributed by atoms with van der Waals surface area (Å²) in [6, 6.07) is 11.4. The minimum Gasteiger partial charge on any atom is -0.340 e. The molecule has 0 aliphatic carbocycles. The molecule has 0 unspecified atom stereocenters. The van der Waals surface area contributed by atoms with Gasteiger partial charge >= 0.3 is 0 Å². The molecule has 1 heterocycles. The maximum Gasteiger partial charge on any atom is 0.142 e. The molecular formula is C14H12BrN3. The predicted octanol–water partition coefficient (Wildman–Crippen LogP) is 4.08. The lowest BCUT2D eigenvalue weighted by atomic mass is 10.1. The van der Waals surface area contributed by atoms with Crippen molar-refractivity contribution in [2.24, 2.45) is 0 Å². The minimum absolute atomic E-state index is 0.408. The standard InChI is InChI=1S/C14H12BrN3/c1-9-6-12(7-10(2)14(9)15)18-13-5-3-4-11(8-16)17-13/h3-7H,1-2H3,(H,17,18). The van der Waals surface area contributed by atoms with Gasteiger partial charge in [0.25, 0.3) is 0 Å². The van der Waals surface area contributed by atoms with E-state index in [2.05, 4.69) is 26.2 Å². The molecule has 1 aromatic heterocycles. The first-order valence-corrected chi connectivity index (χ1v) is 6.30. The Morgan fingerprint density at radius 1 is 1.22 bits per heavy atom. The van der Waals surface area contributed by atoms with Crippen LogP contribution in [-0.2, 0) is 0 Å². The van der Waals surface area contributed by atoms with Gasteiger partial charge in [0.15, 0.2) is 0 Å². The Kier molecular flexibility index (Phi) is 3.63. The van der Waals surface area contributed by atoms with Crippen LogP contribution in [0.15, 0.2) is 34.8 Å². The van der Waals surface area contributed by atoms with Crippen molar-refractivity contribution in [1.29, 1.82) is 5.26 Å². The molecule has 18 heavy (non-hydrogen) atoms. The molecule has 1 aromatic carbocycles. The first-order chi connectivity index (χ1) is 8.60. The highest BCUT2D eigenvalue weighted by Crippen LogP contribution is 2.26. The molecule has 0 saturated heterocycles. The number of halogens is 1. The van der Waals surface area contributed by atoms with Crippen LogP contribution in [0.2, 0.25) is 0 Å². The summed E-state index contributed by atoms with van der Waals surface area (Å²) in [5.41, 5.74) is 3.70. The molecule has 0 amide bonds. The largest absolute Gasteiger partial charge is 0.340 e. The maximum absolute atomic E-state index is 8.81. The van der Waals surface area contributed by atoms with Gasteiger partial charge in [-0.3, -0.25) is 0 Å². The van der Waals surface area contributed by atoms with E-state index in [0.717, 1.165) is 21.3 Å². The van der Waals surface area contributed by atoms with E-state index < -0.39 is 0 Å². The zero-order valence-corrected chi connectivity index (χ0v) is 11.7. The van der Waals surface area contributed by atoms with Crippen LogP contribution < -0.4 is 5.32 Å². The molecule has 0 atom stereocenters. The Balaban J connectivity index is 2.32. The molecule has 0 aliphatic heterocycles. The Bertz CT molecular complexity index is 606. The highest BCUT2D eigenvalue weighted by molar-refractivity contribution is 9.10. The average molecular weight is 302 g/mol. The number of aryl methyl sites for hydroxylation is 2. The fourth-order valence-electron chi connectivity index (χ4n) is 1.73. The second-order valence-electron chi connectivity index (χ2n) is 4.07. The molecule has 4 heteroatoms. The zero-order valence-electron chi connectivity index (χ0n) is 10.2. The molecule has 0 bridgehead atoms. The van der Waals surface area contributed by atoms with E-state index in [0.29, 0.717) is 11.5 Å².